The van der Waals surface area contributed by atoms with Crippen LogP contribution in [0.15, 0.2) is 52.9 Å². The molecule has 0 bridgehead atoms. The first-order valence-corrected chi connectivity index (χ1v) is 8.23. The Hall–Kier alpha value is -2.25. The lowest BCUT2D eigenvalue weighted by Crippen LogP contribution is -1.99. The number of halogens is 2. The Morgan fingerprint density at radius 1 is 1.24 bits per heavy atom. The molecule has 0 fully saturated rings. The largest absolute Gasteiger partial charge is 0.507 e. The number of phenolic OH excluding ortho intramolecular Hbond substituents is 1. The fourth-order valence-electron chi connectivity index (χ4n) is 2.23. The molecule has 0 unspecified atom stereocenters. The number of nitrogens with zero attached hydrogens (tertiary/aromatic N) is 2. The molecule has 130 valence electrons. The lowest BCUT2D eigenvalue weighted by atomic mass is 10.1. The van der Waals surface area contributed by atoms with Crippen LogP contribution in [0.4, 0.5) is 9.52 Å². The van der Waals surface area contributed by atoms with Crippen molar-refractivity contribution < 1.29 is 9.50 Å². The van der Waals surface area contributed by atoms with Gasteiger partial charge in [-0.3, -0.25) is 5.43 Å². The minimum atomic E-state index is -0.227. The summed E-state index contributed by atoms with van der Waals surface area (Å²) in [7, 11) is 0. The highest BCUT2D eigenvalue weighted by Crippen LogP contribution is 2.26. The Labute approximate surface area is 159 Å². The van der Waals surface area contributed by atoms with Gasteiger partial charge in [0.2, 0.25) is 5.13 Å². The van der Waals surface area contributed by atoms with Crippen molar-refractivity contribution in [3.05, 3.63) is 64.8 Å². The van der Waals surface area contributed by atoms with Gasteiger partial charge in [-0.1, -0.05) is 12.1 Å². The zero-order valence-electron chi connectivity index (χ0n) is 13.7. The first-order chi connectivity index (χ1) is 11.5. The summed E-state index contributed by atoms with van der Waals surface area (Å²) in [6, 6.07) is 11.9. The molecule has 0 saturated carbocycles. The van der Waals surface area contributed by atoms with Crippen LogP contribution in [0.1, 0.15) is 18.1 Å². The van der Waals surface area contributed by atoms with Crippen molar-refractivity contribution in [3.8, 4) is 17.0 Å². The van der Waals surface area contributed by atoms with E-state index in [1.54, 1.807) is 44.2 Å². The van der Waals surface area contributed by atoms with Gasteiger partial charge in [0, 0.05) is 16.5 Å². The van der Waals surface area contributed by atoms with Crippen LogP contribution in [0.3, 0.4) is 0 Å². The van der Waals surface area contributed by atoms with E-state index in [9.17, 15) is 9.50 Å². The monoisotopic (exact) mass is 421 g/mol. The number of anilines is 1. The number of rotatable bonds is 4. The number of aromatic nitrogens is 1. The van der Waals surface area contributed by atoms with Crippen LogP contribution in [-0.2, 0) is 0 Å². The van der Waals surface area contributed by atoms with Crippen molar-refractivity contribution in [1.29, 1.82) is 0 Å². The molecule has 0 saturated heterocycles. The summed E-state index contributed by atoms with van der Waals surface area (Å²) in [6.45, 7) is 3.53. The number of nitrogens with one attached hydrogen (secondary N) is 1. The average molecular weight is 422 g/mol. The second-order valence-electron chi connectivity index (χ2n) is 5.33. The molecule has 0 atom stereocenters. The molecule has 0 aliphatic heterocycles. The van der Waals surface area contributed by atoms with Crippen molar-refractivity contribution in [2.75, 3.05) is 5.43 Å². The lowest BCUT2D eigenvalue weighted by molar-refractivity contribution is 0.474. The molecule has 0 radical (unpaired) electrons. The molecule has 3 aromatic rings. The van der Waals surface area contributed by atoms with Crippen molar-refractivity contribution in [2.24, 2.45) is 5.10 Å². The Balaban J connectivity index is 0.00000225. The van der Waals surface area contributed by atoms with Crippen LogP contribution in [0.5, 0.6) is 5.75 Å². The summed E-state index contributed by atoms with van der Waals surface area (Å²) in [5, 5.41) is 16.6. The molecule has 3 rings (SSSR count). The van der Waals surface area contributed by atoms with Gasteiger partial charge in [-0.25, -0.2) is 9.37 Å². The predicted molar refractivity (Wildman–Crippen MR) is 107 cm³/mol. The van der Waals surface area contributed by atoms with E-state index in [0.29, 0.717) is 22.0 Å². The van der Waals surface area contributed by atoms with Gasteiger partial charge in [-0.2, -0.15) is 5.10 Å². The zero-order valence-corrected chi connectivity index (χ0v) is 16.2. The number of hydrogen-bond donors (Lipinski definition) is 2. The molecule has 2 N–H and O–H groups in total. The van der Waals surface area contributed by atoms with Gasteiger partial charge in [-0.05, 0) is 49.7 Å². The molecule has 2 aromatic carbocycles. The number of para-hydroxylation sites is 1. The fraction of sp³-hybridized carbons (Fsp3) is 0.111. The number of phenols is 1. The highest BCUT2D eigenvalue weighted by Gasteiger charge is 2.07. The third-order valence-corrected chi connectivity index (χ3v) is 4.32. The van der Waals surface area contributed by atoms with Crippen LogP contribution < -0.4 is 5.43 Å². The minimum absolute atomic E-state index is 0. The summed E-state index contributed by atoms with van der Waals surface area (Å²) < 4.78 is 13.4. The number of thiazole rings is 1. The molecular weight excluding hydrogens is 405 g/mol. The van der Waals surface area contributed by atoms with E-state index >= 15 is 0 Å². The third-order valence-electron chi connectivity index (χ3n) is 3.57. The predicted octanol–water partition coefficient (Wildman–Crippen LogP) is 5.38. The lowest BCUT2D eigenvalue weighted by Gasteiger charge is -2.03. The van der Waals surface area contributed by atoms with Gasteiger partial charge >= 0.3 is 0 Å². The van der Waals surface area contributed by atoms with Crippen LogP contribution >= 0.6 is 28.3 Å². The normalized spacial score (nSPS) is 11.1. The molecule has 25 heavy (non-hydrogen) atoms. The molecular formula is C18H17BrFN3OS. The summed E-state index contributed by atoms with van der Waals surface area (Å²) >= 11 is 1.41. The quantitative estimate of drug-likeness (QED) is 0.439. The topological polar surface area (TPSA) is 57.5 Å². The maximum absolute atomic E-state index is 13.4. The van der Waals surface area contributed by atoms with E-state index in [1.807, 2.05) is 11.4 Å². The van der Waals surface area contributed by atoms with E-state index in [-0.39, 0.29) is 28.5 Å². The molecule has 1 aromatic heterocycles. The highest BCUT2D eigenvalue weighted by atomic mass is 79.9. The number of aromatic hydroxyl groups is 1. The standard InChI is InChI=1S/C18H16FN3OS.BrH/c1-11-9-13(7-8-15(11)19)16-10-24-18(20-16)22-21-12(2)14-5-3-4-6-17(14)23;/h3-10,23H,1-2H3,(H,20,22);1H/b21-12+;. The number of hydrogen-bond acceptors (Lipinski definition) is 5. The Bertz CT molecular complexity index is 911. The SMILES string of the molecule is Br.C/C(=N\Nc1nc(-c2ccc(F)c(C)c2)cs1)c1ccccc1O. The van der Waals surface area contributed by atoms with Crippen molar-refractivity contribution in [2.45, 2.75) is 13.8 Å². The van der Waals surface area contributed by atoms with Gasteiger partial charge in [0.1, 0.15) is 11.6 Å². The van der Waals surface area contributed by atoms with Gasteiger partial charge in [0.05, 0.1) is 11.4 Å². The van der Waals surface area contributed by atoms with E-state index in [0.717, 1.165) is 11.3 Å². The van der Waals surface area contributed by atoms with Gasteiger partial charge in [0.15, 0.2) is 0 Å². The highest BCUT2D eigenvalue weighted by molar-refractivity contribution is 8.93. The number of hydrazone groups is 1. The first kappa shape index (κ1) is 19.1. The summed E-state index contributed by atoms with van der Waals surface area (Å²) in [5.74, 6) is -0.0441. The van der Waals surface area contributed by atoms with Crippen LogP contribution in [-0.4, -0.2) is 15.8 Å². The summed E-state index contributed by atoms with van der Waals surface area (Å²) in [5.41, 5.74) is 6.43. The second-order valence-corrected chi connectivity index (χ2v) is 6.19. The molecule has 1 heterocycles. The summed E-state index contributed by atoms with van der Waals surface area (Å²) in [4.78, 5) is 4.45. The molecule has 7 heteroatoms. The van der Waals surface area contributed by atoms with Crippen LogP contribution in [0, 0.1) is 12.7 Å². The van der Waals surface area contributed by atoms with Crippen molar-refractivity contribution in [1.82, 2.24) is 4.98 Å². The van der Waals surface area contributed by atoms with E-state index in [4.69, 9.17) is 0 Å². The van der Waals surface area contributed by atoms with Gasteiger partial charge < -0.3 is 5.11 Å². The zero-order chi connectivity index (χ0) is 17.1. The minimum Gasteiger partial charge on any atom is -0.507 e. The van der Waals surface area contributed by atoms with Gasteiger partial charge in [0.25, 0.3) is 0 Å². The average Bonchev–Trinajstić information content (AvgIpc) is 3.04. The van der Waals surface area contributed by atoms with Crippen molar-refractivity contribution in [3.63, 3.8) is 0 Å². The molecule has 0 spiro atoms. The Morgan fingerprint density at radius 2 is 2.00 bits per heavy atom. The maximum atomic E-state index is 13.4. The van der Waals surface area contributed by atoms with E-state index in [2.05, 4.69) is 15.5 Å². The van der Waals surface area contributed by atoms with Gasteiger partial charge in [-0.15, -0.1) is 28.3 Å². The maximum Gasteiger partial charge on any atom is 0.203 e. The third kappa shape index (κ3) is 4.43. The first-order valence-electron chi connectivity index (χ1n) is 7.35. The van der Waals surface area contributed by atoms with E-state index < -0.39 is 0 Å². The van der Waals surface area contributed by atoms with Crippen LogP contribution in [0.25, 0.3) is 11.3 Å². The fourth-order valence-corrected chi connectivity index (χ4v) is 2.89. The number of aryl methyl sites for hydroxylation is 1. The second kappa shape index (κ2) is 8.22. The van der Waals surface area contributed by atoms with Crippen molar-refractivity contribution >= 4 is 39.2 Å². The molecule has 0 aliphatic rings. The smallest absolute Gasteiger partial charge is 0.203 e. The molecule has 0 aliphatic carbocycles. The number of benzene rings is 2. The summed E-state index contributed by atoms with van der Waals surface area (Å²) in [6.07, 6.45) is 0. The Morgan fingerprint density at radius 3 is 2.72 bits per heavy atom. The Kier molecular flexibility index (Phi) is 6.27. The van der Waals surface area contributed by atoms with Crippen LogP contribution in [0.2, 0.25) is 0 Å². The van der Waals surface area contributed by atoms with E-state index in [1.165, 1.54) is 17.4 Å². The molecule has 0 amide bonds. The molecule has 4 nitrogen and oxygen atoms in total.